The Bertz CT molecular complexity index is 579. The second-order valence-corrected chi connectivity index (χ2v) is 5.70. The normalized spacial score (nSPS) is 10.2. The molecule has 2 N–H and O–H groups in total. The van der Waals surface area contributed by atoms with Crippen molar-refractivity contribution in [2.75, 3.05) is 17.2 Å². The van der Waals surface area contributed by atoms with Crippen LogP contribution in [-0.2, 0) is 11.2 Å². The van der Waals surface area contributed by atoms with Gasteiger partial charge >= 0.3 is 0 Å². The van der Waals surface area contributed by atoms with Gasteiger partial charge in [0.25, 0.3) is 0 Å². The van der Waals surface area contributed by atoms with Gasteiger partial charge < -0.3 is 10.6 Å². The fourth-order valence-electron chi connectivity index (χ4n) is 1.94. The van der Waals surface area contributed by atoms with Gasteiger partial charge in [-0.2, -0.15) is 0 Å². The number of hydrogen-bond acceptors (Lipinski definition) is 2. The minimum absolute atomic E-state index is 0.00926. The van der Waals surface area contributed by atoms with Crippen LogP contribution in [0.5, 0.6) is 0 Å². The third-order valence-corrected chi connectivity index (χ3v) is 3.70. The summed E-state index contributed by atoms with van der Waals surface area (Å²) in [5.41, 5.74) is 3.17. The molecule has 0 aliphatic heterocycles. The largest absolute Gasteiger partial charge is 0.385 e. The van der Waals surface area contributed by atoms with Crippen LogP contribution >= 0.6 is 15.9 Å². The van der Waals surface area contributed by atoms with E-state index in [9.17, 15) is 4.79 Å². The summed E-state index contributed by atoms with van der Waals surface area (Å²) in [7, 11) is 0. The van der Waals surface area contributed by atoms with Crippen molar-refractivity contribution < 1.29 is 4.79 Å². The highest BCUT2D eigenvalue weighted by Gasteiger charge is 2.02. The zero-order valence-corrected chi connectivity index (χ0v) is 13.6. The number of carbonyl (C=O) groups excluding carboxylic acids is 1. The van der Waals surface area contributed by atoms with Crippen LogP contribution in [0.3, 0.4) is 0 Å². The van der Waals surface area contributed by atoms with Gasteiger partial charge in [0, 0.05) is 28.8 Å². The predicted molar refractivity (Wildman–Crippen MR) is 91.7 cm³/mol. The smallest absolute Gasteiger partial charge is 0.226 e. The Kier molecular flexibility index (Phi) is 5.81. The van der Waals surface area contributed by atoms with Gasteiger partial charge in [-0.25, -0.2) is 0 Å². The van der Waals surface area contributed by atoms with Crippen molar-refractivity contribution >= 4 is 33.2 Å². The van der Waals surface area contributed by atoms with E-state index < -0.39 is 0 Å². The molecule has 0 spiro atoms. The molecule has 0 radical (unpaired) electrons. The maximum Gasteiger partial charge on any atom is 0.226 e. The van der Waals surface area contributed by atoms with Gasteiger partial charge in [0.1, 0.15) is 0 Å². The number of amides is 1. The zero-order valence-electron chi connectivity index (χ0n) is 12.0. The molecule has 4 heteroatoms. The molecule has 0 bridgehead atoms. The van der Waals surface area contributed by atoms with Gasteiger partial charge in [-0.05, 0) is 48.4 Å². The Hall–Kier alpha value is -1.81. The molecule has 0 atom stereocenters. The highest BCUT2D eigenvalue weighted by atomic mass is 79.9. The molecule has 2 aromatic carbocycles. The van der Waals surface area contributed by atoms with Crippen molar-refractivity contribution in [3.63, 3.8) is 0 Å². The van der Waals surface area contributed by atoms with E-state index >= 15 is 0 Å². The van der Waals surface area contributed by atoms with Gasteiger partial charge in [-0.15, -0.1) is 0 Å². The van der Waals surface area contributed by atoms with Crippen LogP contribution in [0.15, 0.2) is 53.0 Å². The first-order valence-corrected chi connectivity index (χ1v) is 7.85. The van der Waals surface area contributed by atoms with Crippen LogP contribution in [0.2, 0.25) is 0 Å². The molecule has 0 saturated heterocycles. The Balaban J connectivity index is 1.74. The van der Waals surface area contributed by atoms with Crippen molar-refractivity contribution in [3.8, 4) is 0 Å². The van der Waals surface area contributed by atoms with E-state index in [2.05, 4.69) is 45.6 Å². The number of benzene rings is 2. The van der Waals surface area contributed by atoms with E-state index in [0.29, 0.717) is 13.0 Å². The Morgan fingerprint density at radius 2 is 1.62 bits per heavy atom. The Morgan fingerprint density at radius 1 is 1.00 bits per heavy atom. The van der Waals surface area contributed by atoms with Gasteiger partial charge in [-0.1, -0.05) is 35.0 Å². The minimum atomic E-state index is 0.00926. The summed E-state index contributed by atoms with van der Waals surface area (Å²) in [6.07, 6.45) is 1.47. The molecule has 0 fully saturated rings. The highest BCUT2D eigenvalue weighted by molar-refractivity contribution is 9.10. The summed E-state index contributed by atoms with van der Waals surface area (Å²) in [6.45, 7) is 2.75. The molecule has 21 heavy (non-hydrogen) atoms. The number of aryl methyl sites for hydroxylation is 1. The fourth-order valence-corrected chi connectivity index (χ4v) is 2.20. The summed E-state index contributed by atoms with van der Waals surface area (Å²) < 4.78 is 0.998. The van der Waals surface area contributed by atoms with Gasteiger partial charge in [0.05, 0.1) is 0 Å². The van der Waals surface area contributed by atoms with Crippen molar-refractivity contribution in [2.45, 2.75) is 19.8 Å². The zero-order chi connectivity index (χ0) is 15.1. The maximum atomic E-state index is 11.8. The van der Waals surface area contributed by atoms with Gasteiger partial charge in [0.15, 0.2) is 0 Å². The van der Waals surface area contributed by atoms with E-state index in [4.69, 9.17) is 0 Å². The Morgan fingerprint density at radius 3 is 2.24 bits per heavy atom. The number of halogens is 1. The average molecular weight is 347 g/mol. The van der Waals surface area contributed by atoms with Crippen LogP contribution in [0.1, 0.15) is 18.9 Å². The number of anilines is 2. The number of carbonyl (C=O) groups is 1. The second kappa shape index (κ2) is 7.84. The molecule has 1 amide bonds. The average Bonchev–Trinajstić information content (AvgIpc) is 2.50. The summed E-state index contributed by atoms with van der Waals surface area (Å²) in [4.78, 5) is 11.8. The number of hydrogen-bond donors (Lipinski definition) is 2. The van der Waals surface area contributed by atoms with E-state index in [1.807, 2.05) is 36.4 Å². The lowest BCUT2D eigenvalue weighted by atomic mass is 10.1. The summed E-state index contributed by atoms with van der Waals surface area (Å²) in [5.74, 6) is 0.00926. The molecular weight excluding hydrogens is 328 g/mol. The summed E-state index contributed by atoms with van der Waals surface area (Å²) >= 11 is 3.37. The van der Waals surface area contributed by atoms with Gasteiger partial charge in [0.2, 0.25) is 5.91 Å². The minimum Gasteiger partial charge on any atom is -0.385 e. The van der Waals surface area contributed by atoms with Crippen LogP contribution in [0.4, 0.5) is 11.4 Å². The lowest BCUT2D eigenvalue weighted by molar-refractivity contribution is -0.115. The molecule has 0 heterocycles. The van der Waals surface area contributed by atoms with Crippen molar-refractivity contribution in [3.05, 3.63) is 58.6 Å². The second-order valence-electron chi connectivity index (χ2n) is 4.78. The SMILES string of the molecule is CCc1ccc(NCCC(=O)Nc2ccc(Br)cc2)cc1. The Labute approximate surface area is 133 Å². The first-order chi connectivity index (χ1) is 10.2. The lowest BCUT2D eigenvalue weighted by Crippen LogP contribution is -2.16. The molecular formula is C17H19BrN2O. The van der Waals surface area contributed by atoms with Gasteiger partial charge in [-0.3, -0.25) is 4.79 Å². The maximum absolute atomic E-state index is 11.8. The first-order valence-electron chi connectivity index (χ1n) is 7.05. The van der Waals surface area contributed by atoms with Crippen molar-refractivity contribution in [1.82, 2.24) is 0 Å². The monoisotopic (exact) mass is 346 g/mol. The van der Waals surface area contributed by atoms with Crippen molar-refractivity contribution in [1.29, 1.82) is 0 Å². The molecule has 0 aliphatic carbocycles. The standard InChI is InChI=1S/C17H19BrN2O/c1-2-13-3-7-15(8-4-13)19-12-11-17(21)20-16-9-5-14(18)6-10-16/h3-10,19H,2,11-12H2,1H3,(H,20,21). The van der Waals surface area contributed by atoms with Crippen LogP contribution in [-0.4, -0.2) is 12.5 Å². The number of nitrogens with one attached hydrogen (secondary N) is 2. The molecule has 0 unspecified atom stereocenters. The van der Waals surface area contributed by atoms with E-state index in [0.717, 1.165) is 22.3 Å². The first kappa shape index (κ1) is 15.6. The summed E-state index contributed by atoms with van der Waals surface area (Å²) in [5, 5.41) is 6.13. The summed E-state index contributed by atoms with van der Waals surface area (Å²) in [6, 6.07) is 15.9. The van der Waals surface area contributed by atoms with Crippen LogP contribution in [0, 0.1) is 0 Å². The predicted octanol–water partition coefficient (Wildman–Crippen LogP) is 4.45. The van der Waals surface area contributed by atoms with E-state index in [1.165, 1.54) is 5.56 Å². The van der Waals surface area contributed by atoms with E-state index in [1.54, 1.807) is 0 Å². The third kappa shape index (κ3) is 5.23. The molecule has 0 aromatic heterocycles. The molecule has 0 saturated carbocycles. The number of rotatable bonds is 6. The topological polar surface area (TPSA) is 41.1 Å². The molecule has 3 nitrogen and oxygen atoms in total. The lowest BCUT2D eigenvalue weighted by Gasteiger charge is -2.08. The highest BCUT2D eigenvalue weighted by Crippen LogP contribution is 2.14. The van der Waals surface area contributed by atoms with Crippen molar-refractivity contribution in [2.24, 2.45) is 0 Å². The van der Waals surface area contributed by atoms with Crippen LogP contribution < -0.4 is 10.6 Å². The van der Waals surface area contributed by atoms with E-state index in [-0.39, 0.29) is 5.91 Å². The third-order valence-electron chi connectivity index (χ3n) is 3.17. The quantitative estimate of drug-likeness (QED) is 0.810. The molecule has 2 rings (SSSR count). The molecule has 110 valence electrons. The fraction of sp³-hybridized carbons (Fsp3) is 0.235. The van der Waals surface area contributed by atoms with Crippen LogP contribution in [0.25, 0.3) is 0 Å². The molecule has 0 aliphatic rings. The molecule has 2 aromatic rings.